The Morgan fingerprint density at radius 2 is 1.30 bits per heavy atom. The van der Waals surface area contributed by atoms with E-state index >= 15 is 0 Å². The van der Waals surface area contributed by atoms with Gasteiger partial charge in [0.25, 0.3) is 10.0 Å². The molecule has 2 aromatic rings. The number of sulfonamides is 1. The van der Waals surface area contributed by atoms with Crippen LogP contribution in [0.4, 0.5) is 5.69 Å². The van der Waals surface area contributed by atoms with E-state index in [1.165, 1.54) is 9.87 Å². The van der Waals surface area contributed by atoms with Gasteiger partial charge < -0.3 is 0 Å². The summed E-state index contributed by atoms with van der Waals surface area (Å²) in [6.07, 6.45) is 0. The molecule has 148 valence electrons. The molecule has 0 fully saturated rings. The minimum Gasteiger partial charge on any atom is -0.267 e. The van der Waals surface area contributed by atoms with Crippen molar-refractivity contribution < 1.29 is 8.42 Å². The molecule has 3 nitrogen and oxygen atoms in total. The quantitative estimate of drug-likeness (QED) is 0.561. The van der Waals surface area contributed by atoms with Crippen LogP contribution < -0.4 is 4.31 Å². The third kappa shape index (κ3) is 4.37. The molecule has 0 amide bonds. The van der Waals surface area contributed by atoms with Crippen molar-refractivity contribution in [1.82, 2.24) is 0 Å². The predicted molar refractivity (Wildman–Crippen MR) is 115 cm³/mol. The molecule has 0 radical (unpaired) electrons. The summed E-state index contributed by atoms with van der Waals surface area (Å²) in [6, 6.07) is 13.5. The third-order valence-corrected chi connectivity index (χ3v) is 7.00. The van der Waals surface area contributed by atoms with Gasteiger partial charge in [0.05, 0.1) is 10.6 Å². The summed E-state index contributed by atoms with van der Waals surface area (Å²) in [5.74, 6) is 0.606. The molecular formula is C23H33NO2S. The van der Waals surface area contributed by atoms with Crippen LogP contribution in [0.15, 0.2) is 47.4 Å². The lowest BCUT2D eigenvalue weighted by Gasteiger charge is -2.28. The number of hydrogen-bond acceptors (Lipinski definition) is 2. The maximum atomic E-state index is 13.8. The van der Waals surface area contributed by atoms with Gasteiger partial charge in [0.1, 0.15) is 0 Å². The maximum Gasteiger partial charge on any atom is 0.264 e. The maximum absolute atomic E-state index is 13.8. The van der Waals surface area contributed by atoms with Crippen LogP contribution in [0, 0.1) is 0 Å². The summed E-state index contributed by atoms with van der Waals surface area (Å²) in [7, 11) is -3.66. The van der Waals surface area contributed by atoms with Gasteiger partial charge in [-0.3, -0.25) is 4.31 Å². The van der Waals surface area contributed by atoms with Crippen LogP contribution in [0.5, 0.6) is 0 Å². The second-order valence-electron chi connectivity index (χ2n) is 8.00. The molecule has 0 bridgehead atoms. The molecule has 0 aromatic heterocycles. The van der Waals surface area contributed by atoms with Crippen LogP contribution in [0.3, 0.4) is 0 Å². The zero-order valence-electron chi connectivity index (χ0n) is 17.7. The average Bonchev–Trinajstić information content (AvgIpc) is 2.61. The van der Waals surface area contributed by atoms with Crippen molar-refractivity contribution >= 4 is 15.7 Å². The molecule has 4 heteroatoms. The zero-order chi connectivity index (χ0) is 20.4. The van der Waals surface area contributed by atoms with Gasteiger partial charge in [-0.1, -0.05) is 71.9 Å². The molecule has 0 N–H and O–H groups in total. The van der Waals surface area contributed by atoms with E-state index in [2.05, 4.69) is 53.7 Å². The van der Waals surface area contributed by atoms with E-state index in [0.29, 0.717) is 23.0 Å². The first kappa shape index (κ1) is 21.5. The normalized spacial score (nSPS) is 12.2. The summed E-state index contributed by atoms with van der Waals surface area (Å²) < 4.78 is 29.2. The van der Waals surface area contributed by atoms with Gasteiger partial charge in [0.15, 0.2) is 0 Å². The van der Waals surface area contributed by atoms with Crippen LogP contribution in [0.25, 0.3) is 0 Å². The van der Waals surface area contributed by atoms with Gasteiger partial charge in [-0.25, -0.2) is 8.42 Å². The number of hydrogen-bond donors (Lipinski definition) is 0. The Labute approximate surface area is 165 Å². The smallest absolute Gasteiger partial charge is 0.264 e. The first-order chi connectivity index (χ1) is 12.6. The fraction of sp³-hybridized carbons (Fsp3) is 0.478. The van der Waals surface area contributed by atoms with Crippen molar-refractivity contribution in [1.29, 1.82) is 0 Å². The predicted octanol–water partition coefficient (Wildman–Crippen LogP) is 6.27. The van der Waals surface area contributed by atoms with Crippen LogP contribution in [-0.2, 0) is 10.0 Å². The number of anilines is 1. The highest BCUT2D eigenvalue weighted by atomic mass is 32.2. The molecule has 0 aliphatic rings. The van der Waals surface area contributed by atoms with Gasteiger partial charge in [-0.2, -0.15) is 0 Å². The molecule has 0 atom stereocenters. The van der Waals surface area contributed by atoms with Crippen LogP contribution in [0.1, 0.15) is 82.9 Å². The lowest BCUT2D eigenvalue weighted by atomic mass is 9.89. The molecule has 0 saturated carbocycles. The first-order valence-corrected chi connectivity index (χ1v) is 11.3. The summed E-state index contributed by atoms with van der Waals surface area (Å²) in [6.45, 7) is 14.9. The fourth-order valence-electron chi connectivity index (χ4n) is 3.38. The van der Waals surface area contributed by atoms with Crippen molar-refractivity contribution in [2.24, 2.45) is 0 Å². The van der Waals surface area contributed by atoms with E-state index in [-0.39, 0.29) is 11.8 Å². The van der Waals surface area contributed by atoms with Crippen LogP contribution in [0.2, 0.25) is 0 Å². The Morgan fingerprint density at radius 1 is 0.815 bits per heavy atom. The third-order valence-electron chi connectivity index (χ3n) is 4.96. The van der Waals surface area contributed by atoms with Gasteiger partial charge in [-0.05, 0) is 53.5 Å². The van der Waals surface area contributed by atoms with Crippen molar-refractivity contribution in [2.75, 3.05) is 10.8 Å². The fourth-order valence-corrected chi connectivity index (χ4v) is 5.53. The van der Waals surface area contributed by atoms with E-state index in [0.717, 1.165) is 11.1 Å². The summed E-state index contributed by atoms with van der Waals surface area (Å²) in [5.41, 5.74) is 3.74. The highest BCUT2D eigenvalue weighted by molar-refractivity contribution is 7.93. The van der Waals surface area contributed by atoms with Crippen molar-refractivity contribution in [3.8, 4) is 0 Å². The molecular weight excluding hydrogens is 354 g/mol. The second-order valence-corrected chi connectivity index (χ2v) is 9.80. The van der Waals surface area contributed by atoms with Gasteiger partial charge in [0, 0.05) is 6.54 Å². The Hall–Kier alpha value is -1.81. The largest absolute Gasteiger partial charge is 0.267 e. The second kappa shape index (κ2) is 8.47. The molecule has 0 unspecified atom stereocenters. The van der Waals surface area contributed by atoms with E-state index in [4.69, 9.17) is 0 Å². The molecule has 0 spiro atoms. The minimum atomic E-state index is -3.66. The number of rotatable bonds is 7. The Kier molecular flexibility index (Phi) is 6.74. The number of benzene rings is 2. The molecule has 2 rings (SSSR count). The van der Waals surface area contributed by atoms with Crippen LogP contribution >= 0.6 is 0 Å². The van der Waals surface area contributed by atoms with Crippen LogP contribution in [-0.4, -0.2) is 15.0 Å². The summed E-state index contributed by atoms with van der Waals surface area (Å²) in [4.78, 5) is 0.489. The number of nitrogens with zero attached hydrogens (tertiary/aromatic N) is 1. The van der Waals surface area contributed by atoms with Crippen molar-refractivity contribution in [2.45, 2.75) is 71.1 Å². The van der Waals surface area contributed by atoms with E-state index < -0.39 is 10.0 Å². The van der Waals surface area contributed by atoms with E-state index in [1.807, 2.05) is 37.3 Å². The highest BCUT2D eigenvalue weighted by Crippen LogP contribution is 2.37. The van der Waals surface area contributed by atoms with Gasteiger partial charge in [0.2, 0.25) is 0 Å². The lowest BCUT2D eigenvalue weighted by molar-refractivity contribution is 0.586. The SMILES string of the molecule is CCN(c1ccccc1)S(=O)(=O)c1c(C(C)C)cc(C(C)C)cc1C(C)C. The molecule has 0 aliphatic heterocycles. The minimum absolute atomic E-state index is 0.125. The lowest BCUT2D eigenvalue weighted by Crippen LogP contribution is -2.32. The Bertz CT molecular complexity index is 840. The highest BCUT2D eigenvalue weighted by Gasteiger charge is 2.31. The average molecular weight is 388 g/mol. The van der Waals surface area contributed by atoms with Crippen molar-refractivity contribution in [3.05, 3.63) is 59.2 Å². The van der Waals surface area contributed by atoms with E-state index in [1.54, 1.807) is 0 Å². The topological polar surface area (TPSA) is 37.4 Å². The molecule has 0 aliphatic carbocycles. The summed E-state index contributed by atoms with van der Waals surface area (Å²) >= 11 is 0. The number of para-hydroxylation sites is 1. The molecule has 0 saturated heterocycles. The Balaban J connectivity index is 2.81. The summed E-state index contributed by atoms with van der Waals surface area (Å²) in [5, 5.41) is 0. The van der Waals surface area contributed by atoms with Crippen molar-refractivity contribution in [3.63, 3.8) is 0 Å². The van der Waals surface area contributed by atoms with E-state index in [9.17, 15) is 8.42 Å². The van der Waals surface area contributed by atoms with Gasteiger partial charge in [-0.15, -0.1) is 0 Å². The molecule has 0 heterocycles. The first-order valence-electron chi connectivity index (χ1n) is 9.86. The Morgan fingerprint density at radius 3 is 1.67 bits per heavy atom. The molecule has 27 heavy (non-hydrogen) atoms. The molecule has 2 aromatic carbocycles. The zero-order valence-corrected chi connectivity index (χ0v) is 18.5. The standard InChI is InChI=1S/C23H33NO2S/c1-8-24(20-12-10-9-11-13-20)27(25,26)23-21(17(4)5)14-19(16(2)3)15-22(23)18(6)7/h9-18H,8H2,1-7H3. The monoisotopic (exact) mass is 387 g/mol. The van der Waals surface area contributed by atoms with Gasteiger partial charge >= 0.3 is 0 Å².